The summed E-state index contributed by atoms with van der Waals surface area (Å²) in [5.74, 6) is -5.93. The Morgan fingerprint density at radius 3 is 2.39 bits per heavy atom. The number of fused-ring (bicyclic) bond motifs is 1. The van der Waals surface area contributed by atoms with Gasteiger partial charge in [-0.2, -0.15) is 0 Å². The van der Waals surface area contributed by atoms with Crippen molar-refractivity contribution in [1.82, 2.24) is 14.8 Å². The molecule has 4 aromatic rings. The lowest BCUT2D eigenvalue weighted by atomic mass is 9.75. The van der Waals surface area contributed by atoms with Gasteiger partial charge in [0, 0.05) is 37.3 Å². The fourth-order valence-electron chi connectivity index (χ4n) is 5.91. The summed E-state index contributed by atoms with van der Waals surface area (Å²) in [6.07, 6.45) is 3.31. The van der Waals surface area contributed by atoms with E-state index in [2.05, 4.69) is 5.32 Å². The SMILES string of the molecule is O=C([C@H]1CNCC[C@]1(O)c1ccc(F)c(F)c1)N(Cc1cn(Cc2ccc(F)c(F)c2)c2cccc(F)c12)C1CC1. The molecule has 1 aliphatic heterocycles. The first-order valence-electron chi connectivity index (χ1n) is 13.5. The Labute approximate surface area is 233 Å². The van der Waals surface area contributed by atoms with Gasteiger partial charge < -0.3 is 19.9 Å². The van der Waals surface area contributed by atoms with Gasteiger partial charge in [-0.25, -0.2) is 22.0 Å². The average Bonchev–Trinajstić information content (AvgIpc) is 3.73. The zero-order valence-electron chi connectivity index (χ0n) is 22.0. The van der Waals surface area contributed by atoms with Crippen LogP contribution >= 0.6 is 0 Å². The maximum absolute atomic E-state index is 15.2. The molecule has 2 atom stereocenters. The van der Waals surface area contributed by atoms with Crippen LogP contribution in [0.5, 0.6) is 0 Å². The second-order valence-electron chi connectivity index (χ2n) is 10.9. The number of aliphatic hydroxyl groups is 1. The van der Waals surface area contributed by atoms with Crippen molar-refractivity contribution in [2.75, 3.05) is 13.1 Å². The number of benzene rings is 3. The molecule has 1 amide bonds. The van der Waals surface area contributed by atoms with Crippen LogP contribution in [0, 0.1) is 35.0 Å². The predicted octanol–water partition coefficient (Wildman–Crippen LogP) is 5.37. The van der Waals surface area contributed by atoms with E-state index in [0.29, 0.717) is 28.6 Å². The van der Waals surface area contributed by atoms with Gasteiger partial charge in [-0.3, -0.25) is 4.79 Å². The number of carbonyl (C=O) groups excluding carboxylic acids is 1. The normalized spacial score (nSPS) is 20.9. The summed E-state index contributed by atoms with van der Waals surface area (Å²) >= 11 is 0. The third-order valence-electron chi connectivity index (χ3n) is 8.21. The number of nitrogens with zero attached hydrogens (tertiary/aromatic N) is 2. The Hall–Kier alpha value is -3.76. The van der Waals surface area contributed by atoms with Gasteiger partial charge in [0.25, 0.3) is 0 Å². The third-order valence-corrected chi connectivity index (χ3v) is 8.21. The van der Waals surface area contributed by atoms with Crippen LogP contribution in [0.15, 0.2) is 60.8 Å². The Morgan fingerprint density at radius 2 is 1.68 bits per heavy atom. The van der Waals surface area contributed by atoms with E-state index >= 15 is 4.39 Å². The van der Waals surface area contributed by atoms with Crippen molar-refractivity contribution in [3.05, 3.63) is 107 Å². The molecule has 2 aliphatic rings. The summed E-state index contributed by atoms with van der Waals surface area (Å²) in [5.41, 5.74) is -0.0555. The van der Waals surface area contributed by atoms with Crippen LogP contribution in [0.3, 0.4) is 0 Å². The molecule has 2 fully saturated rings. The number of carbonyl (C=O) groups is 1. The van der Waals surface area contributed by atoms with Crippen molar-refractivity contribution in [2.24, 2.45) is 5.92 Å². The zero-order valence-corrected chi connectivity index (χ0v) is 22.0. The fraction of sp³-hybridized carbons (Fsp3) is 0.323. The first kappa shape index (κ1) is 27.4. The predicted molar refractivity (Wildman–Crippen MR) is 142 cm³/mol. The van der Waals surface area contributed by atoms with Crippen molar-refractivity contribution in [1.29, 1.82) is 0 Å². The number of nitrogens with one attached hydrogen (secondary N) is 1. The standard InChI is InChI=1S/C31H28F5N3O2/c32-23-8-4-18(12-26(23)35)15-38-16-19(29-25(34)2-1-3-28(29)38)17-39(21-6-7-21)30(40)22-14-37-11-10-31(22,41)20-5-9-24(33)27(36)13-20/h1-5,8-9,12-13,16,21-22,37,41H,6-7,10-11,14-15,17H2/t22-,31+/m1/s1. The first-order chi connectivity index (χ1) is 19.7. The third kappa shape index (κ3) is 5.10. The fourth-order valence-corrected chi connectivity index (χ4v) is 5.91. The number of amides is 1. The van der Waals surface area contributed by atoms with E-state index in [0.717, 1.165) is 37.1 Å². The topological polar surface area (TPSA) is 57.5 Å². The molecule has 3 aromatic carbocycles. The van der Waals surface area contributed by atoms with Crippen LogP contribution in [-0.4, -0.2) is 39.6 Å². The molecule has 6 rings (SSSR count). The summed E-state index contributed by atoms with van der Waals surface area (Å²) in [6, 6.07) is 11.2. The van der Waals surface area contributed by atoms with Crippen LogP contribution in [0.2, 0.25) is 0 Å². The van der Waals surface area contributed by atoms with Gasteiger partial charge >= 0.3 is 0 Å². The van der Waals surface area contributed by atoms with Crippen molar-refractivity contribution in [2.45, 2.75) is 44.0 Å². The summed E-state index contributed by atoms with van der Waals surface area (Å²) in [7, 11) is 0. The number of rotatable bonds is 7. The summed E-state index contributed by atoms with van der Waals surface area (Å²) < 4.78 is 72.1. The average molecular weight is 570 g/mol. The first-order valence-corrected chi connectivity index (χ1v) is 13.5. The van der Waals surface area contributed by atoms with Gasteiger partial charge in [0.2, 0.25) is 5.91 Å². The highest BCUT2D eigenvalue weighted by Crippen LogP contribution is 2.40. The Bertz CT molecular complexity index is 1640. The lowest BCUT2D eigenvalue weighted by molar-refractivity contribution is -0.150. The van der Waals surface area contributed by atoms with Crippen LogP contribution in [0.25, 0.3) is 10.9 Å². The molecule has 41 heavy (non-hydrogen) atoms. The van der Waals surface area contributed by atoms with E-state index < -0.39 is 40.6 Å². The number of piperidine rings is 1. The molecular weight excluding hydrogens is 541 g/mol. The molecule has 214 valence electrons. The maximum atomic E-state index is 15.2. The molecule has 1 saturated carbocycles. The summed E-state index contributed by atoms with van der Waals surface area (Å²) in [5, 5.41) is 15.2. The van der Waals surface area contributed by atoms with Gasteiger partial charge in [0.05, 0.1) is 11.4 Å². The van der Waals surface area contributed by atoms with E-state index in [-0.39, 0.29) is 43.6 Å². The lowest BCUT2D eigenvalue weighted by Crippen LogP contribution is -2.55. The second kappa shape index (κ2) is 10.6. The van der Waals surface area contributed by atoms with Gasteiger partial charge in [0.15, 0.2) is 23.3 Å². The van der Waals surface area contributed by atoms with Crippen molar-refractivity contribution < 1.29 is 31.9 Å². The lowest BCUT2D eigenvalue weighted by Gasteiger charge is -2.42. The van der Waals surface area contributed by atoms with Crippen LogP contribution in [0.1, 0.15) is 36.0 Å². The highest BCUT2D eigenvalue weighted by Gasteiger charge is 2.48. The minimum absolute atomic E-state index is 0.0517. The molecule has 1 aliphatic carbocycles. The summed E-state index contributed by atoms with van der Waals surface area (Å²) in [4.78, 5) is 15.7. The summed E-state index contributed by atoms with van der Waals surface area (Å²) in [6.45, 7) is 0.711. The molecule has 2 heterocycles. The highest BCUT2D eigenvalue weighted by atomic mass is 19.2. The smallest absolute Gasteiger partial charge is 0.230 e. The molecule has 0 unspecified atom stereocenters. The number of halogens is 5. The maximum Gasteiger partial charge on any atom is 0.230 e. The van der Waals surface area contributed by atoms with Crippen LogP contribution in [-0.2, 0) is 23.5 Å². The van der Waals surface area contributed by atoms with E-state index in [1.165, 1.54) is 18.2 Å². The Balaban J connectivity index is 1.34. The molecule has 0 bridgehead atoms. The quantitative estimate of drug-likeness (QED) is 0.294. The van der Waals surface area contributed by atoms with Crippen LogP contribution < -0.4 is 5.32 Å². The van der Waals surface area contributed by atoms with Gasteiger partial charge in [-0.15, -0.1) is 0 Å². The molecule has 5 nitrogen and oxygen atoms in total. The van der Waals surface area contributed by atoms with E-state index in [1.807, 2.05) is 0 Å². The van der Waals surface area contributed by atoms with Crippen molar-refractivity contribution >= 4 is 16.8 Å². The number of hydrogen-bond donors (Lipinski definition) is 2. The van der Waals surface area contributed by atoms with Crippen molar-refractivity contribution in [3.63, 3.8) is 0 Å². The highest BCUT2D eigenvalue weighted by molar-refractivity contribution is 5.86. The number of hydrogen-bond acceptors (Lipinski definition) is 3. The number of aromatic nitrogens is 1. The molecule has 0 spiro atoms. The van der Waals surface area contributed by atoms with Crippen molar-refractivity contribution in [3.8, 4) is 0 Å². The molecular formula is C31H28F5N3O2. The van der Waals surface area contributed by atoms with Gasteiger partial charge in [0.1, 0.15) is 11.4 Å². The van der Waals surface area contributed by atoms with Gasteiger partial charge in [-0.1, -0.05) is 18.2 Å². The van der Waals surface area contributed by atoms with E-state index in [1.54, 1.807) is 27.8 Å². The largest absolute Gasteiger partial charge is 0.384 e. The molecule has 1 aromatic heterocycles. The zero-order chi connectivity index (χ0) is 28.9. The minimum Gasteiger partial charge on any atom is -0.384 e. The molecule has 10 heteroatoms. The molecule has 2 N–H and O–H groups in total. The Kier molecular flexibility index (Phi) is 7.07. The molecule has 1 saturated heterocycles. The molecule has 0 radical (unpaired) electrons. The van der Waals surface area contributed by atoms with Crippen LogP contribution in [0.4, 0.5) is 22.0 Å². The van der Waals surface area contributed by atoms with E-state index in [9.17, 15) is 27.5 Å². The monoisotopic (exact) mass is 569 g/mol. The Morgan fingerprint density at radius 1 is 0.951 bits per heavy atom. The van der Waals surface area contributed by atoms with E-state index in [4.69, 9.17) is 0 Å². The minimum atomic E-state index is -1.73. The second-order valence-corrected chi connectivity index (χ2v) is 10.9. The van der Waals surface area contributed by atoms with Gasteiger partial charge in [-0.05, 0) is 78.9 Å².